The fourth-order valence-electron chi connectivity index (χ4n) is 1.34. The monoisotopic (exact) mass is 216 g/mol. The Balaban J connectivity index is 0. The Bertz CT molecular complexity index is 195. The summed E-state index contributed by atoms with van der Waals surface area (Å²) < 4.78 is 4.81. The van der Waals surface area contributed by atoms with Gasteiger partial charge < -0.3 is 9.53 Å². The summed E-state index contributed by atoms with van der Waals surface area (Å²) in [5, 5.41) is 0. The van der Waals surface area contributed by atoms with Crippen molar-refractivity contribution in [1.29, 1.82) is 0 Å². The molecule has 0 bridgehead atoms. The van der Waals surface area contributed by atoms with Crippen LogP contribution in [0.15, 0.2) is 0 Å². The molecular weight excluding hydrogens is 192 g/mol. The van der Waals surface area contributed by atoms with E-state index in [9.17, 15) is 9.59 Å². The molecule has 0 atom stereocenters. The molecular formula is C12H24O3. The molecule has 0 N–H and O–H groups in total. The van der Waals surface area contributed by atoms with Crippen molar-refractivity contribution in [2.75, 3.05) is 6.61 Å². The van der Waals surface area contributed by atoms with Gasteiger partial charge in [0.05, 0.1) is 13.0 Å². The van der Waals surface area contributed by atoms with E-state index < -0.39 is 0 Å². The van der Waals surface area contributed by atoms with Crippen LogP contribution in [0.5, 0.6) is 0 Å². The number of hydrogen-bond acceptors (Lipinski definition) is 3. The first-order chi connectivity index (χ1) is 6.87. The molecule has 0 unspecified atom stereocenters. The molecule has 0 saturated carbocycles. The van der Waals surface area contributed by atoms with Gasteiger partial charge in [0.15, 0.2) is 0 Å². The van der Waals surface area contributed by atoms with Crippen LogP contribution in [0.3, 0.4) is 0 Å². The summed E-state index contributed by atoms with van der Waals surface area (Å²) in [7, 11) is 0. The van der Waals surface area contributed by atoms with Crippen molar-refractivity contribution in [1.82, 2.24) is 0 Å². The average Bonchev–Trinajstić information content (AvgIpc) is 2.04. The van der Waals surface area contributed by atoms with Crippen LogP contribution < -0.4 is 0 Å². The number of carbonyl (C=O) groups is 2. The minimum Gasteiger partial charge on any atom is -0.466 e. The zero-order valence-electron chi connectivity index (χ0n) is 10.8. The smallest absolute Gasteiger partial charge is 0.306 e. The SMILES string of the molecule is CC.CCOC(=O)CC(C)(C)CC(C)=O. The highest BCUT2D eigenvalue weighted by atomic mass is 16.5. The second kappa shape index (κ2) is 8.45. The van der Waals surface area contributed by atoms with Crippen LogP contribution in [-0.4, -0.2) is 18.4 Å². The third-order valence-corrected chi connectivity index (χ3v) is 1.66. The van der Waals surface area contributed by atoms with E-state index in [-0.39, 0.29) is 17.2 Å². The lowest BCUT2D eigenvalue weighted by molar-refractivity contribution is -0.145. The number of hydrogen-bond donors (Lipinski definition) is 0. The molecule has 0 aromatic rings. The first-order valence-electron chi connectivity index (χ1n) is 5.52. The third kappa shape index (κ3) is 11.1. The van der Waals surface area contributed by atoms with E-state index >= 15 is 0 Å². The van der Waals surface area contributed by atoms with Gasteiger partial charge in [-0.15, -0.1) is 0 Å². The van der Waals surface area contributed by atoms with E-state index in [0.717, 1.165) is 0 Å². The van der Waals surface area contributed by atoms with Crippen molar-refractivity contribution in [3.63, 3.8) is 0 Å². The Morgan fingerprint density at radius 2 is 1.60 bits per heavy atom. The first-order valence-corrected chi connectivity index (χ1v) is 5.52. The van der Waals surface area contributed by atoms with Crippen molar-refractivity contribution in [3.8, 4) is 0 Å². The zero-order valence-corrected chi connectivity index (χ0v) is 10.8. The lowest BCUT2D eigenvalue weighted by Gasteiger charge is -2.21. The molecule has 15 heavy (non-hydrogen) atoms. The molecule has 0 aromatic carbocycles. The summed E-state index contributed by atoms with van der Waals surface area (Å²) in [5.41, 5.74) is -0.280. The largest absolute Gasteiger partial charge is 0.466 e. The molecule has 0 aliphatic rings. The van der Waals surface area contributed by atoms with Crippen LogP contribution >= 0.6 is 0 Å². The summed E-state index contributed by atoms with van der Waals surface area (Å²) >= 11 is 0. The fraction of sp³-hybridized carbons (Fsp3) is 0.833. The first kappa shape index (κ1) is 16.6. The van der Waals surface area contributed by atoms with Gasteiger partial charge in [0.2, 0.25) is 0 Å². The minimum absolute atomic E-state index is 0.106. The molecule has 0 rings (SSSR count). The molecule has 0 aliphatic carbocycles. The highest BCUT2D eigenvalue weighted by Gasteiger charge is 2.24. The van der Waals surface area contributed by atoms with E-state index in [1.807, 2.05) is 27.7 Å². The number of Topliss-reactive ketones (excluding diaryl/α,β-unsaturated/α-hetero) is 1. The van der Waals surface area contributed by atoms with Gasteiger partial charge in [-0.25, -0.2) is 0 Å². The number of carbonyl (C=O) groups excluding carboxylic acids is 2. The van der Waals surface area contributed by atoms with Crippen LogP contribution in [0.25, 0.3) is 0 Å². The molecule has 0 aromatic heterocycles. The Labute approximate surface area is 93.2 Å². The van der Waals surface area contributed by atoms with E-state index in [2.05, 4.69) is 0 Å². The predicted octanol–water partition coefficient (Wildman–Crippen LogP) is 2.97. The number of esters is 1. The quantitative estimate of drug-likeness (QED) is 0.663. The summed E-state index contributed by atoms with van der Waals surface area (Å²) in [6, 6.07) is 0. The second-order valence-electron chi connectivity index (χ2n) is 4.02. The number of ketones is 1. The molecule has 3 nitrogen and oxygen atoms in total. The van der Waals surface area contributed by atoms with Crippen molar-refractivity contribution in [2.24, 2.45) is 5.41 Å². The maximum absolute atomic E-state index is 11.1. The second-order valence-corrected chi connectivity index (χ2v) is 4.02. The standard InChI is InChI=1S/C10H18O3.C2H6/c1-5-13-9(12)7-10(3,4)6-8(2)11;1-2/h5-7H2,1-4H3;1-2H3. The van der Waals surface area contributed by atoms with Gasteiger partial charge in [-0.3, -0.25) is 4.79 Å². The molecule has 3 heteroatoms. The van der Waals surface area contributed by atoms with Gasteiger partial charge in [0.25, 0.3) is 0 Å². The number of rotatable bonds is 5. The highest BCUT2D eigenvalue weighted by molar-refractivity contribution is 5.77. The van der Waals surface area contributed by atoms with Crippen LogP contribution in [-0.2, 0) is 14.3 Å². The molecule has 0 fully saturated rings. The van der Waals surface area contributed by atoms with Crippen molar-refractivity contribution in [3.05, 3.63) is 0 Å². The lowest BCUT2D eigenvalue weighted by atomic mass is 9.84. The molecule has 0 saturated heterocycles. The van der Waals surface area contributed by atoms with Gasteiger partial charge >= 0.3 is 5.97 Å². The van der Waals surface area contributed by atoms with Crippen molar-refractivity contribution >= 4 is 11.8 Å². The molecule has 0 radical (unpaired) electrons. The maximum atomic E-state index is 11.1. The predicted molar refractivity (Wildman–Crippen MR) is 61.7 cm³/mol. The summed E-state index contributed by atoms with van der Waals surface area (Å²) in [6.45, 7) is 11.5. The topological polar surface area (TPSA) is 43.4 Å². The van der Waals surface area contributed by atoms with E-state index in [0.29, 0.717) is 19.4 Å². The van der Waals surface area contributed by atoms with Crippen molar-refractivity contribution in [2.45, 2.75) is 54.4 Å². The van der Waals surface area contributed by atoms with E-state index in [1.165, 1.54) is 6.92 Å². The van der Waals surface area contributed by atoms with Gasteiger partial charge in [-0.05, 0) is 19.3 Å². The van der Waals surface area contributed by atoms with Gasteiger partial charge in [0, 0.05) is 6.42 Å². The summed E-state index contributed by atoms with van der Waals surface area (Å²) in [5.74, 6) is -0.122. The Morgan fingerprint density at radius 1 is 1.13 bits per heavy atom. The molecule has 90 valence electrons. The van der Waals surface area contributed by atoms with Crippen LogP contribution in [0.2, 0.25) is 0 Å². The van der Waals surface area contributed by atoms with Crippen molar-refractivity contribution < 1.29 is 14.3 Å². The average molecular weight is 216 g/mol. The summed E-state index contributed by atoms with van der Waals surface area (Å²) in [6.07, 6.45) is 0.728. The lowest BCUT2D eigenvalue weighted by Crippen LogP contribution is -2.21. The maximum Gasteiger partial charge on any atom is 0.306 e. The molecule has 0 aliphatic heterocycles. The Kier molecular flexibility index (Phi) is 9.33. The van der Waals surface area contributed by atoms with Crippen LogP contribution in [0.4, 0.5) is 0 Å². The zero-order chi connectivity index (χ0) is 12.5. The third-order valence-electron chi connectivity index (χ3n) is 1.66. The van der Waals surface area contributed by atoms with Crippen LogP contribution in [0, 0.1) is 5.41 Å². The minimum atomic E-state index is -0.280. The molecule has 0 amide bonds. The Morgan fingerprint density at radius 3 is 1.93 bits per heavy atom. The van der Waals surface area contributed by atoms with E-state index in [4.69, 9.17) is 4.74 Å². The number of ether oxygens (including phenoxy) is 1. The van der Waals surface area contributed by atoms with Gasteiger partial charge in [0.1, 0.15) is 5.78 Å². The molecule has 0 heterocycles. The van der Waals surface area contributed by atoms with Crippen LogP contribution in [0.1, 0.15) is 54.4 Å². The fourth-order valence-corrected chi connectivity index (χ4v) is 1.34. The highest BCUT2D eigenvalue weighted by Crippen LogP contribution is 2.25. The van der Waals surface area contributed by atoms with Gasteiger partial charge in [-0.1, -0.05) is 27.7 Å². The summed E-state index contributed by atoms with van der Waals surface area (Å²) in [4.78, 5) is 22.0. The van der Waals surface area contributed by atoms with E-state index in [1.54, 1.807) is 6.92 Å². The Hall–Kier alpha value is -0.860. The normalized spacial score (nSPS) is 10.0. The molecule has 0 spiro atoms. The van der Waals surface area contributed by atoms with Gasteiger partial charge in [-0.2, -0.15) is 0 Å².